The van der Waals surface area contributed by atoms with Gasteiger partial charge in [-0.3, -0.25) is 0 Å². The molecule has 1 spiro atoms. The van der Waals surface area contributed by atoms with Gasteiger partial charge < -0.3 is 0 Å². The molecule has 0 fully saturated rings. The molecule has 59 heavy (non-hydrogen) atoms. The quantitative estimate of drug-likeness (QED) is 0.161. The number of nitrogens with zero attached hydrogens (tertiary/aromatic N) is 4. The summed E-state index contributed by atoms with van der Waals surface area (Å²) < 4.78 is 9.60. The Kier molecular flexibility index (Phi) is 6.95. The summed E-state index contributed by atoms with van der Waals surface area (Å²) in [5.74, 6) is 1.29. The number of rotatable bonds is 2. The average molecular weight is 938 g/mol. The van der Waals surface area contributed by atoms with Crippen molar-refractivity contribution >= 4 is 31.0 Å². The Morgan fingerprint density at radius 1 is 0.407 bits per heavy atom. The normalized spacial score (nSPS) is 17.0. The zero-order valence-corrected chi connectivity index (χ0v) is 34.0. The molecule has 4 aliphatic heterocycles. The number of anilines is 4. The number of hydrogen-bond acceptors (Lipinski definition) is 5. The topological polar surface area (TPSA) is 22.2 Å². The molecule has 284 valence electrons. The van der Waals surface area contributed by atoms with E-state index in [0.29, 0.717) is 18.2 Å². The summed E-state index contributed by atoms with van der Waals surface area (Å²) in [5.41, 5.74) is 12.5. The summed E-state index contributed by atoms with van der Waals surface area (Å²) in [6, 6.07) is 78.5. The SMILES string of the molecule is [c-]1c2cccc1C(c1ccccc1)(c1ccccc1)N1[C]3=[Pt]=[C]4N(CN3c3ccccc31)c1ccccc1N4C1(c3[c-]c(ccc3)O2)c2ccccc2-c2ccccc21. The van der Waals surface area contributed by atoms with Crippen LogP contribution in [0.5, 0.6) is 11.5 Å². The molecule has 6 heteroatoms. The van der Waals surface area contributed by atoms with Crippen molar-refractivity contribution in [2.45, 2.75) is 11.1 Å². The summed E-state index contributed by atoms with van der Waals surface area (Å²) in [6.45, 7) is 0.668. The fourth-order valence-electron chi connectivity index (χ4n) is 10.2. The monoisotopic (exact) mass is 937 g/mol. The van der Waals surface area contributed by atoms with Crippen LogP contribution in [0.3, 0.4) is 0 Å². The fraction of sp³-hybridized carbons (Fsp3) is 0.0566. The molecule has 0 N–H and O–H groups in total. The van der Waals surface area contributed by atoms with E-state index in [2.05, 4.69) is 214 Å². The van der Waals surface area contributed by atoms with Crippen molar-refractivity contribution in [3.8, 4) is 22.6 Å². The number of hydrogen-bond donors (Lipinski definition) is 0. The first-order valence-electron chi connectivity index (χ1n) is 20.0. The van der Waals surface area contributed by atoms with Crippen LogP contribution in [0.2, 0.25) is 0 Å². The van der Waals surface area contributed by atoms with Crippen LogP contribution >= 0.6 is 0 Å². The molecular weight excluding hydrogens is 904 g/mol. The molecule has 5 aliphatic rings. The predicted octanol–water partition coefficient (Wildman–Crippen LogP) is 10.5. The van der Waals surface area contributed by atoms with Crippen LogP contribution in [0.25, 0.3) is 11.1 Å². The van der Waals surface area contributed by atoms with Crippen LogP contribution in [-0.2, 0) is 28.7 Å². The van der Waals surface area contributed by atoms with Crippen molar-refractivity contribution < 1.29 is 22.4 Å². The van der Waals surface area contributed by atoms with Crippen molar-refractivity contribution in [2.24, 2.45) is 0 Å². The second-order valence-electron chi connectivity index (χ2n) is 15.4. The number of fused-ring (bicyclic) bond motifs is 17. The van der Waals surface area contributed by atoms with E-state index >= 15 is 0 Å². The van der Waals surface area contributed by atoms with Gasteiger partial charge >= 0.3 is 353 Å². The maximum atomic E-state index is 6.96. The second kappa shape index (κ2) is 12.3. The zero-order valence-electron chi connectivity index (χ0n) is 31.7. The molecule has 0 saturated heterocycles. The van der Waals surface area contributed by atoms with Gasteiger partial charge in [0.15, 0.2) is 0 Å². The van der Waals surface area contributed by atoms with Crippen LogP contribution in [0.4, 0.5) is 22.7 Å². The van der Waals surface area contributed by atoms with Gasteiger partial charge in [0.05, 0.1) is 0 Å². The van der Waals surface area contributed by atoms with Crippen molar-refractivity contribution in [3.63, 3.8) is 0 Å². The van der Waals surface area contributed by atoms with Crippen LogP contribution in [0, 0.1) is 12.1 Å². The Balaban J connectivity index is 1.25. The van der Waals surface area contributed by atoms with Crippen molar-refractivity contribution in [2.75, 3.05) is 26.3 Å². The first-order chi connectivity index (χ1) is 29.3. The molecule has 0 amide bonds. The molecule has 0 unspecified atom stereocenters. The Morgan fingerprint density at radius 2 is 0.831 bits per heavy atom. The molecule has 5 nitrogen and oxygen atoms in total. The van der Waals surface area contributed by atoms with E-state index in [1.54, 1.807) is 0 Å². The molecule has 4 heterocycles. The van der Waals surface area contributed by atoms with Crippen LogP contribution in [0.1, 0.15) is 33.4 Å². The van der Waals surface area contributed by atoms with Gasteiger partial charge in [-0.1, -0.05) is 0 Å². The Labute approximate surface area is 351 Å². The minimum absolute atomic E-state index is 0.642. The van der Waals surface area contributed by atoms with Gasteiger partial charge in [0.25, 0.3) is 0 Å². The van der Waals surface area contributed by atoms with Gasteiger partial charge in [0, 0.05) is 0 Å². The molecule has 0 atom stereocenters. The standard InChI is InChI=1S/C53H34N4O.Pt/c1-3-17-38(18-4-1)52(39-19-5-2-6-20-39)40-21-15-23-42(33-40)58-43-24-16-22-41(34-43)53(46-27-9-7-25-44(46)45-26-8-10-28-47(45)53)57-37-55(49-30-12-14-32-51(49)57)35-54-36-56(52)50-31-13-11-29-48(50)54;/h1-32H,35H2;/q-2;. The molecule has 8 aromatic carbocycles. The molecule has 0 radical (unpaired) electrons. The Hall–Kier alpha value is -6.81. The molecule has 8 aromatic rings. The third kappa shape index (κ3) is 4.33. The van der Waals surface area contributed by atoms with Gasteiger partial charge in [0.1, 0.15) is 0 Å². The summed E-state index contributed by atoms with van der Waals surface area (Å²) in [7, 11) is 0. The third-order valence-corrected chi connectivity index (χ3v) is 15.8. The van der Waals surface area contributed by atoms with Gasteiger partial charge in [-0.2, -0.15) is 0 Å². The predicted molar refractivity (Wildman–Crippen MR) is 233 cm³/mol. The minimum atomic E-state index is -0.946. The van der Waals surface area contributed by atoms with Crippen molar-refractivity contribution in [1.82, 2.24) is 0 Å². The zero-order chi connectivity index (χ0) is 38.7. The summed E-state index contributed by atoms with van der Waals surface area (Å²) in [4.78, 5) is 10.6. The van der Waals surface area contributed by atoms with E-state index < -0.39 is 28.7 Å². The fourth-order valence-corrected chi connectivity index (χ4v) is 14.0. The van der Waals surface area contributed by atoms with Gasteiger partial charge in [-0.15, -0.1) is 0 Å². The van der Waals surface area contributed by atoms with Crippen LogP contribution in [0.15, 0.2) is 194 Å². The van der Waals surface area contributed by atoms with Gasteiger partial charge in [-0.25, -0.2) is 0 Å². The van der Waals surface area contributed by atoms with E-state index in [1.165, 1.54) is 53.3 Å². The molecule has 0 saturated carbocycles. The maximum absolute atomic E-state index is 6.96. The van der Waals surface area contributed by atoms with E-state index in [-0.39, 0.29) is 0 Å². The number of ether oxygens (including phenoxy) is 1. The molecule has 13 rings (SSSR count). The van der Waals surface area contributed by atoms with Gasteiger partial charge in [0.2, 0.25) is 0 Å². The molecular formula is C53H34N4OPt-2. The van der Waals surface area contributed by atoms with Crippen LogP contribution in [-0.4, -0.2) is 15.0 Å². The average Bonchev–Trinajstić information content (AvgIpc) is 3.91. The van der Waals surface area contributed by atoms with E-state index in [0.717, 1.165) is 22.3 Å². The van der Waals surface area contributed by atoms with Crippen molar-refractivity contribution in [1.29, 1.82) is 0 Å². The number of para-hydroxylation sites is 4. The molecule has 6 bridgehead atoms. The summed E-state index contributed by atoms with van der Waals surface area (Å²) >= 11 is -0.946. The summed E-state index contributed by atoms with van der Waals surface area (Å²) in [6.07, 6.45) is 0. The Bertz CT molecular complexity index is 2900. The Morgan fingerprint density at radius 3 is 1.36 bits per heavy atom. The number of benzene rings is 8. The first-order valence-corrected chi connectivity index (χ1v) is 22.2. The van der Waals surface area contributed by atoms with E-state index in [1.807, 2.05) is 12.1 Å². The van der Waals surface area contributed by atoms with Crippen LogP contribution < -0.4 is 24.3 Å². The molecule has 0 aromatic heterocycles. The van der Waals surface area contributed by atoms with E-state index in [4.69, 9.17) is 4.74 Å². The second-order valence-corrected chi connectivity index (χ2v) is 18.0. The molecule has 1 aliphatic carbocycles. The first kappa shape index (κ1) is 33.2. The summed E-state index contributed by atoms with van der Waals surface area (Å²) in [5, 5.41) is 0. The third-order valence-electron chi connectivity index (χ3n) is 12.5. The van der Waals surface area contributed by atoms with Gasteiger partial charge in [-0.05, 0) is 0 Å². The van der Waals surface area contributed by atoms with E-state index in [9.17, 15) is 0 Å². The van der Waals surface area contributed by atoms with Crippen molar-refractivity contribution in [3.05, 3.63) is 240 Å².